The lowest BCUT2D eigenvalue weighted by Crippen LogP contribution is -2.38. The molecule has 2 aliphatic rings. The van der Waals surface area contributed by atoms with Gasteiger partial charge in [0.25, 0.3) is 0 Å². The van der Waals surface area contributed by atoms with Gasteiger partial charge in [-0.25, -0.2) is 0 Å². The van der Waals surface area contributed by atoms with Crippen molar-refractivity contribution in [1.29, 1.82) is 0 Å². The summed E-state index contributed by atoms with van der Waals surface area (Å²) in [6, 6.07) is 0.398. The molecule has 0 aromatic heterocycles. The summed E-state index contributed by atoms with van der Waals surface area (Å²) in [6.45, 7) is 4.62. The van der Waals surface area contributed by atoms with Gasteiger partial charge in [0.05, 0.1) is 18.8 Å². The third-order valence-electron chi connectivity index (χ3n) is 3.47. The highest BCUT2D eigenvalue weighted by molar-refractivity contribution is 4.82. The van der Waals surface area contributed by atoms with Crippen molar-refractivity contribution in [3.05, 3.63) is 0 Å². The Morgan fingerprint density at radius 3 is 2.86 bits per heavy atom. The molecule has 0 radical (unpaired) electrons. The minimum atomic E-state index is 0.308. The van der Waals surface area contributed by atoms with Crippen LogP contribution < -0.4 is 0 Å². The van der Waals surface area contributed by atoms with Crippen LogP contribution in [0.2, 0.25) is 0 Å². The van der Waals surface area contributed by atoms with Gasteiger partial charge >= 0.3 is 0 Å². The second-order valence-electron chi connectivity index (χ2n) is 4.62. The number of nitrogens with zero attached hydrogens (tertiary/aromatic N) is 1. The van der Waals surface area contributed by atoms with Crippen LogP contribution in [-0.2, 0) is 4.74 Å². The van der Waals surface area contributed by atoms with Crippen LogP contribution in [0.5, 0.6) is 0 Å². The van der Waals surface area contributed by atoms with E-state index in [0.717, 1.165) is 19.5 Å². The maximum atomic E-state index is 9.18. The van der Waals surface area contributed by atoms with E-state index in [0.29, 0.717) is 24.9 Å². The number of hydrogen-bond donors (Lipinski definition) is 1. The maximum absolute atomic E-state index is 9.18. The minimum absolute atomic E-state index is 0.308. The van der Waals surface area contributed by atoms with Gasteiger partial charge in [0.1, 0.15) is 0 Å². The molecule has 2 fully saturated rings. The van der Waals surface area contributed by atoms with Crippen molar-refractivity contribution in [3.8, 4) is 0 Å². The highest BCUT2D eigenvalue weighted by Crippen LogP contribution is 2.23. The Hall–Kier alpha value is -0.120. The van der Waals surface area contributed by atoms with E-state index >= 15 is 0 Å². The van der Waals surface area contributed by atoms with Gasteiger partial charge < -0.3 is 9.84 Å². The first-order valence-electron chi connectivity index (χ1n) is 5.80. The third kappa shape index (κ3) is 2.27. The summed E-state index contributed by atoms with van der Waals surface area (Å²) in [5.41, 5.74) is 0. The van der Waals surface area contributed by atoms with E-state index in [9.17, 15) is 5.11 Å². The van der Waals surface area contributed by atoms with Crippen molar-refractivity contribution in [3.63, 3.8) is 0 Å². The summed E-state index contributed by atoms with van der Waals surface area (Å²) in [5, 5.41) is 9.18. The Morgan fingerprint density at radius 1 is 1.36 bits per heavy atom. The number of aliphatic hydroxyl groups is 1. The average Bonchev–Trinajstić information content (AvgIpc) is 2.76. The summed E-state index contributed by atoms with van der Waals surface area (Å²) in [4.78, 5) is 2.39. The topological polar surface area (TPSA) is 32.7 Å². The number of rotatable bonds is 3. The normalized spacial score (nSPS) is 39.4. The maximum Gasteiger partial charge on any atom is 0.0706 e. The standard InChI is InChI=1S/C11H21NO2/c1-9-4-5-11(14-9)7-12-6-2-3-10(12)8-13/h9-11,13H,2-8H2,1H3/t9?,10-,11?/m0/s1. The Bertz CT molecular complexity index is 186. The Morgan fingerprint density at radius 2 is 2.21 bits per heavy atom. The van der Waals surface area contributed by atoms with Gasteiger partial charge in [-0.15, -0.1) is 0 Å². The molecule has 0 aromatic rings. The molecular weight excluding hydrogens is 178 g/mol. The number of ether oxygens (including phenoxy) is 1. The van der Waals surface area contributed by atoms with Crippen LogP contribution in [0.1, 0.15) is 32.6 Å². The molecule has 14 heavy (non-hydrogen) atoms. The fourth-order valence-corrected chi connectivity index (χ4v) is 2.62. The third-order valence-corrected chi connectivity index (χ3v) is 3.47. The second-order valence-corrected chi connectivity index (χ2v) is 4.62. The van der Waals surface area contributed by atoms with Crippen molar-refractivity contribution in [1.82, 2.24) is 4.90 Å². The van der Waals surface area contributed by atoms with Crippen molar-refractivity contribution >= 4 is 0 Å². The smallest absolute Gasteiger partial charge is 0.0706 e. The van der Waals surface area contributed by atoms with Gasteiger partial charge in [0.2, 0.25) is 0 Å². The molecular formula is C11H21NO2. The monoisotopic (exact) mass is 199 g/mol. The van der Waals surface area contributed by atoms with Crippen molar-refractivity contribution in [2.24, 2.45) is 0 Å². The SMILES string of the molecule is CC1CCC(CN2CCC[C@H]2CO)O1. The van der Waals surface area contributed by atoms with Gasteiger partial charge in [-0.1, -0.05) is 0 Å². The molecule has 82 valence electrons. The van der Waals surface area contributed by atoms with Crippen molar-refractivity contribution in [2.75, 3.05) is 19.7 Å². The van der Waals surface area contributed by atoms with Gasteiger partial charge in [0.15, 0.2) is 0 Å². The zero-order valence-corrected chi connectivity index (χ0v) is 8.98. The molecule has 2 unspecified atom stereocenters. The Kier molecular flexibility index (Phi) is 3.42. The highest BCUT2D eigenvalue weighted by Gasteiger charge is 2.29. The molecule has 3 heteroatoms. The van der Waals surface area contributed by atoms with Gasteiger partial charge in [-0.2, -0.15) is 0 Å². The second kappa shape index (κ2) is 4.60. The fourth-order valence-electron chi connectivity index (χ4n) is 2.62. The number of hydrogen-bond acceptors (Lipinski definition) is 3. The lowest BCUT2D eigenvalue weighted by atomic mass is 10.2. The summed E-state index contributed by atoms with van der Waals surface area (Å²) >= 11 is 0. The van der Waals surface area contributed by atoms with Crippen LogP contribution in [0.4, 0.5) is 0 Å². The van der Waals surface area contributed by atoms with E-state index in [2.05, 4.69) is 11.8 Å². The molecule has 0 amide bonds. The highest BCUT2D eigenvalue weighted by atomic mass is 16.5. The van der Waals surface area contributed by atoms with E-state index in [1.165, 1.54) is 19.3 Å². The number of aliphatic hydroxyl groups excluding tert-OH is 1. The molecule has 0 bridgehead atoms. The molecule has 0 spiro atoms. The Labute approximate surface area is 86.0 Å². The van der Waals surface area contributed by atoms with Crippen LogP contribution in [0.3, 0.4) is 0 Å². The quantitative estimate of drug-likeness (QED) is 0.736. The largest absolute Gasteiger partial charge is 0.395 e. The van der Waals surface area contributed by atoms with E-state index in [1.54, 1.807) is 0 Å². The first-order chi connectivity index (χ1) is 6.79. The predicted molar refractivity (Wildman–Crippen MR) is 55.2 cm³/mol. The van der Waals surface area contributed by atoms with Crippen LogP contribution in [0, 0.1) is 0 Å². The van der Waals surface area contributed by atoms with Crippen LogP contribution in [0.25, 0.3) is 0 Å². The minimum Gasteiger partial charge on any atom is -0.395 e. The van der Waals surface area contributed by atoms with Crippen LogP contribution in [-0.4, -0.2) is 48.0 Å². The molecule has 0 aliphatic carbocycles. The molecule has 2 saturated heterocycles. The van der Waals surface area contributed by atoms with E-state index in [1.807, 2.05) is 0 Å². The molecule has 0 saturated carbocycles. The number of likely N-dealkylation sites (tertiary alicyclic amines) is 1. The molecule has 3 atom stereocenters. The fraction of sp³-hybridized carbons (Fsp3) is 1.00. The zero-order chi connectivity index (χ0) is 9.97. The first kappa shape index (κ1) is 10.4. The summed E-state index contributed by atoms with van der Waals surface area (Å²) in [6.07, 6.45) is 5.62. The van der Waals surface area contributed by atoms with Crippen molar-refractivity contribution < 1.29 is 9.84 Å². The molecule has 2 heterocycles. The van der Waals surface area contributed by atoms with Crippen molar-refractivity contribution in [2.45, 2.75) is 50.9 Å². The van der Waals surface area contributed by atoms with Gasteiger partial charge in [-0.3, -0.25) is 4.90 Å². The summed E-state index contributed by atoms with van der Waals surface area (Å²) in [7, 11) is 0. The predicted octanol–water partition coefficient (Wildman–Crippen LogP) is 1.01. The van der Waals surface area contributed by atoms with Gasteiger partial charge in [0, 0.05) is 12.6 Å². The zero-order valence-electron chi connectivity index (χ0n) is 8.98. The molecule has 2 rings (SSSR count). The summed E-state index contributed by atoms with van der Waals surface area (Å²) < 4.78 is 5.79. The van der Waals surface area contributed by atoms with Crippen LogP contribution >= 0.6 is 0 Å². The summed E-state index contributed by atoms with van der Waals surface area (Å²) in [5.74, 6) is 0. The molecule has 0 aromatic carbocycles. The van der Waals surface area contributed by atoms with Gasteiger partial charge in [-0.05, 0) is 39.2 Å². The van der Waals surface area contributed by atoms with E-state index in [-0.39, 0.29) is 0 Å². The lowest BCUT2D eigenvalue weighted by molar-refractivity contribution is 0.0231. The molecule has 3 nitrogen and oxygen atoms in total. The van der Waals surface area contributed by atoms with E-state index in [4.69, 9.17) is 4.74 Å². The first-order valence-corrected chi connectivity index (χ1v) is 5.80. The van der Waals surface area contributed by atoms with Crippen LogP contribution in [0.15, 0.2) is 0 Å². The molecule has 1 N–H and O–H groups in total. The Balaban J connectivity index is 1.79. The molecule has 2 aliphatic heterocycles. The van der Waals surface area contributed by atoms with E-state index < -0.39 is 0 Å². The lowest BCUT2D eigenvalue weighted by Gasteiger charge is -2.25. The average molecular weight is 199 g/mol.